The Bertz CT molecular complexity index is 1430. The number of carbonyl (C=O) groups is 1. The minimum absolute atomic E-state index is 0.138. The number of hydrogen-bond donors (Lipinski definition) is 3. The number of fused-ring (bicyclic) bond motifs is 1. The van der Waals surface area contributed by atoms with Crippen LogP contribution in [0.25, 0.3) is 11.3 Å². The van der Waals surface area contributed by atoms with Gasteiger partial charge >= 0.3 is 0 Å². The first-order chi connectivity index (χ1) is 18.2. The topological polar surface area (TPSA) is 127 Å². The Labute approximate surface area is 222 Å². The Kier molecular flexibility index (Phi) is 6.94. The molecule has 0 spiro atoms. The molecule has 3 N–H and O–H groups in total. The summed E-state index contributed by atoms with van der Waals surface area (Å²) in [5.41, 5.74) is 4.91. The lowest BCUT2D eigenvalue weighted by molar-refractivity contribution is 0.0930. The van der Waals surface area contributed by atoms with E-state index in [-0.39, 0.29) is 23.5 Å². The number of benzene rings is 1. The fraction of sp³-hybridized carbons (Fsp3) is 0.407. The van der Waals surface area contributed by atoms with Crippen LogP contribution in [-0.4, -0.2) is 47.2 Å². The molecule has 38 heavy (non-hydrogen) atoms. The molecule has 0 saturated carbocycles. The first-order valence-corrected chi connectivity index (χ1v) is 12.9. The molecular formula is C27H34N10O. The molecule has 198 valence electrons. The van der Waals surface area contributed by atoms with Gasteiger partial charge in [0.2, 0.25) is 5.95 Å². The molecule has 11 nitrogen and oxygen atoms in total. The first kappa shape index (κ1) is 25.5. The van der Waals surface area contributed by atoms with Crippen molar-refractivity contribution in [2.75, 3.05) is 11.9 Å². The SMILES string of the molecule is CC(C)n1cc(Nc2nccc(-c3ccc4c(c3)CNCC[C@H]4NC(=O)c3cn(C(C)(C)C)nn3)n2)cn1. The van der Waals surface area contributed by atoms with Crippen LogP contribution >= 0.6 is 0 Å². The largest absolute Gasteiger partial charge is 0.344 e. The maximum absolute atomic E-state index is 13.0. The van der Waals surface area contributed by atoms with Crippen LogP contribution in [0.15, 0.2) is 49.1 Å². The van der Waals surface area contributed by atoms with E-state index in [1.54, 1.807) is 23.3 Å². The quantitative estimate of drug-likeness (QED) is 0.353. The molecule has 5 rings (SSSR count). The van der Waals surface area contributed by atoms with Crippen molar-refractivity contribution in [3.8, 4) is 11.3 Å². The number of nitrogens with zero attached hydrogens (tertiary/aromatic N) is 7. The van der Waals surface area contributed by atoms with Crippen molar-refractivity contribution in [3.63, 3.8) is 0 Å². The van der Waals surface area contributed by atoms with E-state index in [0.29, 0.717) is 18.2 Å². The highest BCUT2D eigenvalue weighted by molar-refractivity contribution is 5.92. The van der Waals surface area contributed by atoms with Crippen molar-refractivity contribution < 1.29 is 4.79 Å². The monoisotopic (exact) mass is 514 g/mol. The zero-order valence-electron chi connectivity index (χ0n) is 22.4. The van der Waals surface area contributed by atoms with E-state index in [4.69, 9.17) is 4.98 Å². The van der Waals surface area contributed by atoms with Crippen molar-refractivity contribution in [2.45, 2.75) is 65.2 Å². The van der Waals surface area contributed by atoms with Gasteiger partial charge < -0.3 is 16.0 Å². The smallest absolute Gasteiger partial charge is 0.273 e. The third-order valence-corrected chi connectivity index (χ3v) is 6.50. The number of rotatable bonds is 6. The molecule has 1 aliphatic heterocycles. The summed E-state index contributed by atoms with van der Waals surface area (Å²) < 4.78 is 3.59. The predicted molar refractivity (Wildman–Crippen MR) is 145 cm³/mol. The number of nitrogens with one attached hydrogen (secondary N) is 3. The fourth-order valence-electron chi connectivity index (χ4n) is 4.35. The summed E-state index contributed by atoms with van der Waals surface area (Å²) in [6.07, 6.45) is 7.92. The lowest BCUT2D eigenvalue weighted by Crippen LogP contribution is -2.30. The summed E-state index contributed by atoms with van der Waals surface area (Å²) in [5.74, 6) is 0.280. The molecule has 11 heteroatoms. The summed E-state index contributed by atoms with van der Waals surface area (Å²) in [4.78, 5) is 22.1. The zero-order valence-corrected chi connectivity index (χ0v) is 22.4. The van der Waals surface area contributed by atoms with E-state index >= 15 is 0 Å². The average molecular weight is 515 g/mol. The van der Waals surface area contributed by atoms with Crippen LogP contribution < -0.4 is 16.0 Å². The Hall–Kier alpha value is -4.12. The summed E-state index contributed by atoms with van der Waals surface area (Å²) in [5, 5.41) is 22.4. The third-order valence-electron chi connectivity index (χ3n) is 6.50. The Morgan fingerprint density at radius 2 is 2.03 bits per heavy atom. The molecule has 3 aromatic heterocycles. The van der Waals surface area contributed by atoms with Gasteiger partial charge in [-0.2, -0.15) is 5.10 Å². The van der Waals surface area contributed by atoms with Gasteiger partial charge in [0.25, 0.3) is 5.91 Å². The second-order valence-corrected chi connectivity index (χ2v) is 10.8. The Morgan fingerprint density at radius 1 is 1.18 bits per heavy atom. The van der Waals surface area contributed by atoms with E-state index in [2.05, 4.69) is 62.3 Å². The number of amides is 1. The van der Waals surface area contributed by atoms with Crippen LogP contribution in [0.3, 0.4) is 0 Å². The Morgan fingerprint density at radius 3 is 2.76 bits per heavy atom. The van der Waals surface area contributed by atoms with E-state index in [9.17, 15) is 4.79 Å². The molecule has 4 heterocycles. The molecule has 0 bridgehead atoms. The highest BCUT2D eigenvalue weighted by Gasteiger charge is 2.24. The van der Waals surface area contributed by atoms with Crippen molar-refractivity contribution in [3.05, 3.63) is 65.9 Å². The van der Waals surface area contributed by atoms with Gasteiger partial charge in [0.15, 0.2) is 5.69 Å². The molecule has 4 aromatic rings. The summed E-state index contributed by atoms with van der Waals surface area (Å²) >= 11 is 0. The van der Waals surface area contributed by atoms with Crippen LogP contribution in [0.4, 0.5) is 11.6 Å². The minimum atomic E-state index is -0.243. The number of hydrogen-bond acceptors (Lipinski definition) is 8. The fourth-order valence-corrected chi connectivity index (χ4v) is 4.35. The molecule has 0 radical (unpaired) electrons. The highest BCUT2D eigenvalue weighted by Crippen LogP contribution is 2.29. The zero-order chi connectivity index (χ0) is 26.9. The van der Waals surface area contributed by atoms with Gasteiger partial charge in [-0.05, 0) is 70.8 Å². The second kappa shape index (κ2) is 10.3. The van der Waals surface area contributed by atoms with Crippen LogP contribution in [0.1, 0.15) is 74.7 Å². The van der Waals surface area contributed by atoms with Gasteiger partial charge in [0.05, 0.1) is 35.4 Å². The maximum atomic E-state index is 13.0. The molecule has 1 aromatic carbocycles. The lowest BCUT2D eigenvalue weighted by Gasteiger charge is -2.19. The second-order valence-electron chi connectivity index (χ2n) is 10.8. The maximum Gasteiger partial charge on any atom is 0.273 e. The normalized spacial score (nSPS) is 15.7. The minimum Gasteiger partial charge on any atom is -0.344 e. The number of aromatic nitrogens is 7. The summed E-state index contributed by atoms with van der Waals surface area (Å²) in [6.45, 7) is 11.7. The molecule has 0 fully saturated rings. The highest BCUT2D eigenvalue weighted by atomic mass is 16.2. The van der Waals surface area contributed by atoms with Gasteiger partial charge in [-0.25, -0.2) is 14.6 Å². The van der Waals surface area contributed by atoms with Crippen LogP contribution in [-0.2, 0) is 12.1 Å². The molecule has 1 amide bonds. The van der Waals surface area contributed by atoms with Gasteiger partial charge in [-0.15, -0.1) is 5.10 Å². The van der Waals surface area contributed by atoms with E-state index < -0.39 is 0 Å². The van der Waals surface area contributed by atoms with Crippen molar-refractivity contribution in [1.29, 1.82) is 0 Å². The van der Waals surface area contributed by atoms with Crippen molar-refractivity contribution in [1.82, 2.24) is 45.4 Å². The standard InChI is InChI=1S/C27H34N10O/c1-17(2)36-15-20(14-30-36)31-26-29-11-9-22(33-26)18-6-7-21-19(12-18)13-28-10-8-23(21)32-25(38)24-16-37(35-34-24)27(3,4)5/h6-7,9,11-12,14-17,23,28H,8,10,13H2,1-5H3,(H,32,38)(H,29,31,33)/t23-/m1/s1. The molecule has 1 atom stereocenters. The van der Waals surface area contributed by atoms with Gasteiger partial charge in [-0.3, -0.25) is 9.48 Å². The van der Waals surface area contributed by atoms with E-state index in [1.165, 1.54) is 0 Å². The van der Waals surface area contributed by atoms with Gasteiger partial charge in [-0.1, -0.05) is 17.3 Å². The van der Waals surface area contributed by atoms with Crippen molar-refractivity contribution in [2.24, 2.45) is 0 Å². The molecule has 0 unspecified atom stereocenters. The summed E-state index contributed by atoms with van der Waals surface area (Å²) in [6, 6.07) is 8.29. The molecule has 0 aliphatic carbocycles. The van der Waals surface area contributed by atoms with Crippen LogP contribution in [0.2, 0.25) is 0 Å². The van der Waals surface area contributed by atoms with Crippen LogP contribution in [0, 0.1) is 0 Å². The lowest BCUT2D eigenvalue weighted by atomic mass is 9.96. The van der Waals surface area contributed by atoms with E-state index in [1.807, 2.05) is 43.8 Å². The predicted octanol–water partition coefficient (Wildman–Crippen LogP) is 3.98. The van der Waals surface area contributed by atoms with Gasteiger partial charge in [0.1, 0.15) is 0 Å². The van der Waals surface area contributed by atoms with Crippen molar-refractivity contribution >= 4 is 17.5 Å². The molecular weight excluding hydrogens is 480 g/mol. The van der Waals surface area contributed by atoms with Crippen LogP contribution in [0.5, 0.6) is 0 Å². The molecule has 0 saturated heterocycles. The Balaban J connectivity index is 1.35. The third kappa shape index (κ3) is 5.57. The van der Waals surface area contributed by atoms with Gasteiger partial charge in [0, 0.05) is 30.5 Å². The summed E-state index contributed by atoms with van der Waals surface area (Å²) in [7, 11) is 0. The van der Waals surface area contributed by atoms with E-state index in [0.717, 1.165) is 41.0 Å². The molecule has 1 aliphatic rings. The number of anilines is 2. The number of carbonyl (C=O) groups excluding carboxylic acids is 1. The average Bonchev–Trinajstić information content (AvgIpc) is 3.52. The first-order valence-electron chi connectivity index (χ1n) is 12.9.